The summed E-state index contributed by atoms with van der Waals surface area (Å²) in [6, 6.07) is 0. The van der Waals surface area contributed by atoms with Gasteiger partial charge >= 0.3 is 5.97 Å². The number of amides is 1. The van der Waals surface area contributed by atoms with Gasteiger partial charge in [-0.2, -0.15) is 0 Å². The quantitative estimate of drug-likeness (QED) is 0.601. The van der Waals surface area contributed by atoms with Crippen LogP contribution in [0.4, 0.5) is 5.13 Å². The highest BCUT2D eigenvalue weighted by molar-refractivity contribution is 8.02. The van der Waals surface area contributed by atoms with Crippen LogP contribution in [0.1, 0.15) is 12.6 Å². The van der Waals surface area contributed by atoms with Crippen LogP contribution in [0.25, 0.3) is 5.57 Å². The number of hydrogen-bond donors (Lipinski definition) is 2. The molecule has 2 N–H and O–H groups in total. The molecule has 1 rings (SSSR count). The highest BCUT2D eigenvalue weighted by Gasteiger charge is 2.13. The summed E-state index contributed by atoms with van der Waals surface area (Å²) >= 11 is 2.58. The average Bonchev–Trinajstić information content (AvgIpc) is 2.67. The molecule has 0 aromatic carbocycles. The Kier molecular flexibility index (Phi) is 5.00. The molecule has 0 atom stereocenters. The molecule has 0 bridgehead atoms. The van der Waals surface area contributed by atoms with Crippen molar-refractivity contribution < 1.29 is 14.7 Å². The van der Waals surface area contributed by atoms with Crippen molar-refractivity contribution in [1.29, 1.82) is 0 Å². The largest absolute Gasteiger partial charge is 0.478 e. The van der Waals surface area contributed by atoms with Gasteiger partial charge in [-0.3, -0.25) is 4.79 Å². The maximum absolute atomic E-state index is 11.0. The monoisotopic (exact) mass is 258 g/mol. The fourth-order valence-corrected chi connectivity index (χ4v) is 2.13. The van der Waals surface area contributed by atoms with Gasteiger partial charge in [-0.25, -0.2) is 9.78 Å². The molecule has 0 aliphatic carbocycles. The minimum absolute atomic E-state index is 0.141. The Balaban J connectivity index is 2.92. The number of carboxylic acid groups (broad SMARTS) is 1. The number of carboxylic acids is 1. The number of carbonyl (C=O) groups is 2. The van der Waals surface area contributed by atoms with Gasteiger partial charge in [-0.05, 0) is 11.2 Å². The Bertz CT molecular complexity index is 415. The Morgan fingerprint density at radius 2 is 2.50 bits per heavy atom. The predicted molar refractivity (Wildman–Crippen MR) is 65.5 cm³/mol. The summed E-state index contributed by atoms with van der Waals surface area (Å²) < 4.78 is 0. The topological polar surface area (TPSA) is 79.3 Å². The zero-order chi connectivity index (χ0) is 12.0. The molecule has 0 unspecified atom stereocenters. The third-order valence-electron chi connectivity index (χ3n) is 1.56. The van der Waals surface area contributed by atoms with Crippen molar-refractivity contribution in [3.8, 4) is 0 Å². The molecule has 0 aliphatic heterocycles. The van der Waals surface area contributed by atoms with E-state index in [0.29, 0.717) is 17.2 Å². The van der Waals surface area contributed by atoms with Crippen LogP contribution in [0, 0.1) is 0 Å². The number of rotatable bonds is 6. The maximum Gasteiger partial charge on any atom is 0.338 e. The van der Waals surface area contributed by atoms with Gasteiger partial charge in [-0.1, -0.05) is 6.92 Å². The predicted octanol–water partition coefficient (Wildman–Crippen LogP) is 1.89. The Morgan fingerprint density at radius 1 is 1.75 bits per heavy atom. The fourth-order valence-electron chi connectivity index (χ4n) is 0.901. The number of nitrogens with zero attached hydrogens (tertiary/aromatic N) is 1. The van der Waals surface area contributed by atoms with E-state index in [1.807, 2.05) is 6.92 Å². The number of anilines is 1. The molecule has 0 saturated carbocycles. The van der Waals surface area contributed by atoms with E-state index in [-0.39, 0.29) is 5.57 Å². The fraction of sp³-hybridized carbons (Fsp3) is 0.222. The standard InChI is InChI=1S/C9H10N2O3S2/c1-2-15-3-6(8(13)14)7-4-16-9(11-7)10-5-12/h3-5H,2H2,1H3,(H,13,14)(H,10,11,12). The summed E-state index contributed by atoms with van der Waals surface area (Å²) in [6.45, 7) is 1.93. The first-order chi connectivity index (χ1) is 7.69. The molecule has 16 heavy (non-hydrogen) atoms. The molecule has 7 heteroatoms. The third kappa shape index (κ3) is 3.35. The van der Waals surface area contributed by atoms with Crippen LogP contribution in [0.3, 0.4) is 0 Å². The Morgan fingerprint density at radius 3 is 3.06 bits per heavy atom. The number of thiazole rings is 1. The summed E-state index contributed by atoms with van der Waals surface area (Å²) in [6.07, 6.45) is 0.508. The molecule has 1 heterocycles. The van der Waals surface area contributed by atoms with Crippen molar-refractivity contribution in [3.05, 3.63) is 16.5 Å². The lowest BCUT2D eigenvalue weighted by molar-refractivity contribution is -0.130. The second-order valence-electron chi connectivity index (χ2n) is 2.59. The average molecular weight is 258 g/mol. The maximum atomic E-state index is 11.0. The van der Waals surface area contributed by atoms with Gasteiger partial charge in [0.05, 0.1) is 11.3 Å². The summed E-state index contributed by atoms with van der Waals surface area (Å²) in [5.41, 5.74) is 0.504. The second-order valence-corrected chi connectivity index (χ2v) is 4.60. The van der Waals surface area contributed by atoms with Gasteiger partial charge < -0.3 is 10.4 Å². The van der Waals surface area contributed by atoms with Crippen LogP contribution >= 0.6 is 23.1 Å². The zero-order valence-corrected chi connectivity index (χ0v) is 10.1. The smallest absolute Gasteiger partial charge is 0.338 e. The normalized spacial score (nSPS) is 11.2. The lowest BCUT2D eigenvalue weighted by atomic mass is 10.2. The van der Waals surface area contributed by atoms with Crippen LogP contribution in [-0.4, -0.2) is 28.2 Å². The van der Waals surface area contributed by atoms with Crippen LogP contribution < -0.4 is 5.32 Å². The van der Waals surface area contributed by atoms with Crippen LogP contribution in [0.2, 0.25) is 0 Å². The number of aromatic nitrogens is 1. The molecular formula is C9H10N2O3S2. The first-order valence-corrected chi connectivity index (χ1v) is 6.33. The van der Waals surface area contributed by atoms with Crippen LogP contribution in [0.5, 0.6) is 0 Å². The molecule has 86 valence electrons. The van der Waals surface area contributed by atoms with Crippen molar-refractivity contribution in [2.24, 2.45) is 0 Å². The van der Waals surface area contributed by atoms with Gasteiger partial charge in [0.25, 0.3) is 0 Å². The number of hydrogen-bond acceptors (Lipinski definition) is 5. The van der Waals surface area contributed by atoms with Crippen molar-refractivity contribution in [1.82, 2.24) is 4.98 Å². The molecule has 0 fully saturated rings. The van der Waals surface area contributed by atoms with E-state index < -0.39 is 5.97 Å². The molecule has 1 aromatic heterocycles. The highest BCUT2D eigenvalue weighted by Crippen LogP contribution is 2.23. The van der Waals surface area contributed by atoms with Gasteiger partial charge in [0.2, 0.25) is 6.41 Å². The molecule has 1 amide bonds. The minimum atomic E-state index is -1.02. The number of nitrogens with one attached hydrogen (secondary N) is 1. The summed E-state index contributed by atoms with van der Waals surface area (Å²) in [7, 11) is 0. The van der Waals surface area contributed by atoms with Gasteiger partial charge in [-0.15, -0.1) is 23.1 Å². The molecule has 1 aromatic rings. The number of thioether (sulfide) groups is 1. The first kappa shape index (κ1) is 12.7. The number of aliphatic carboxylic acids is 1. The van der Waals surface area contributed by atoms with Crippen molar-refractivity contribution in [2.75, 3.05) is 11.1 Å². The van der Waals surface area contributed by atoms with E-state index in [1.54, 1.807) is 10.8 Å². The molecule has 0 saturated heterocycles. The van der Waals surface area contributed by atoms with E-state index in [1.165, 1.54) is 23.1 Å². The lowest BCUT2D eigenvalue weighted by Crippen LogP contribution is -2.00. The highest BCUT2D eigenvalue weighted by atomic mass is 32.2. The van der Waals surface area contributed by atoms with E-state index in [2.05, 4.69) is 10.3 Å². The van der Waals surface area contributed by atoms with Crippen LogP contribution in [-0.2, 0) is 9.59 Å². The molecular weight excluding hydrogens is 248 g/mol. The summed E-state index contributed by atoms with van der Waals surface area (Å²) in [5.74, 6) is -0.232. The van der Waals surface area contributed by atoms with Crippen molar-refractivity contribution in [2.45, 2.75) is 6.92 Å². The zero-order valence-electron chi connectivity index (χ0n) is 8.47. The summed E-state index contributed by atoms with van der Waals surface area (Å²) in [4.78, 5) is 25.1. The number of carbonyl (C=O) groups excluding carboxylic acids is 1. The van der Waals surface area contributed by atoms with Gasteiger partial charge in [0, 0.05) is 5.38 Å². The third-order valence-corrected chi connectivity index (χ3v) is 3.07. The van der Waals surface area contributed by atoms with E-state index in [4.69, 9.17) is 5.11 Å². The van der Waals surface area contributed by atoms with Gasteiger partial charge in [0.1, 0.15) is 0 Å². The molecule has 0 spiro atoms. The van der Waals surface area contributed by atoms with Crippen LogP contribution in [0.15, 0.2) is 10.8 Å². The second kappa shape index (κ2) is 6.29. The SMILES string of the molecule is CCSC=C(C(=O)O)c1csc(NC=O)n1. The minimum Gasteiger partial charge on any atom is -0.478 e. The molecule has 0 aliphatic rings. The molecule has 0 radical (unpaired) electrons. The van der Waals surface area contributed by atoms with Crippen molar-refractivity contribution in [3.63, 3.8) is 0 Å². The van der Waals surface area contributed by atoms with E-state index in [9.17, 15) is 9.59 Å². The summed E-state index contributed by atoms with van der Waals surface area (Å²) in [5, 5.41) is 14.9. The lowest BCUT2D eigenvalue weighted by Gasteiger charge is -1.97. The first-order valence-electron chi connectivity index (χ1n) is 4.40. The molecule has 5 nitrogen and oxygen atoms in total. The van der Waals surface area contributed by atoms with E-state index >= 15 is 0 Å². The van der Waals surface area contributed by atoms with Gasteiger partial charge in [0.15, 0.2) is 5.13 Å². The van der Waals surface area contributed by atoms with Crippen molar-refractivity contribution >= 4 is 46.2 Å². The van der Waals surface area contributed by atoms with E-state index in [0.717, 1.165) is 5.75 Å². The Labute approximate surface area is 101 Å². The Hall–Kier alpha value is -1.34.